The second-order valence-electron chi connectivity index (χ2n) is 6.57. The number of amides is 1. The Morgan fingerprint density at radius 2 is 2.08 bits per heavy atom. The lowest BCUT2D eigenvalue weighted by Gasteiger charge is -2.10. The zero-order valence-corrected chi connectivity index (χ0v) is 14.8. The fourth-order valence-corrected chi connectivity index (χ4v) is 2.91. The lowest BCUT2D eigenvalue weighted by molar-refractivity contribution is 0.0951. The Labute approximate surface area is 151 Å². The van der Waals surface area contributed by atoms with Gasteiger partial charge in [0.25, 0.3) is 5.91 Å². The molecule has 6 nitrogen and oxygen atoms in total. The first kappa shape index (κ1) is 16.3. The van der Waals surface area contributed by atoms with Crippen molar-refractivity contribution in [1.82, 2.24) is 19.9 Å². The summed E-state index contributed by atoms with van der Waals surface area (Å²) in [5.41, 5.74) is 4.46. The van der Waals surface area contributed by atoms with Gasteiger partial charge < -0.3 is 10.1 Å². The van der Waals surface area contributed by atoms with Gasteiger partial charge in [-0.05, 0) is 60.7 Å². The molecule has 2 heterocycles. The summed E-state index contributed by atoms with van der Waals surface area (Å²) in [6, 6.07) is 10.0. The van der Waals surface area contributed by atoms with E-state index >= 15 is 0 Å². The molecule has 0 radical (unpaired) electrons. The van der Waals surface area contributed by atoms with Gasteiger partial charge in [0.2, 0.25) is 5.82 Å². The van der Waals surface area contributed by atoms with Gasteiger partial charge in [-0.2, -0.15) is 0 Å². The smallest absolute Gasteiger partial charge is 0.251 e. The Morgan fingerprint density at radius 3 is 2.81 bits per heavy atom. The number of nitrogens with zero attached hydrogens (tertiary/aromatic N) is 3. The van der Waals surface area contributed by atoms with Crippen LogP contribution in [0, 0.1) is 6.92 Å². The number of aryl methyl sites for hydroxylation is 1. The number of aromatic nitrogens is 3. The Hall–Kier alpha value is -3.15. The van der Waals surface area contributed by atoms with Crippen LogP contribution >= 0.6 is 0 Å². The largest absolute Gasteiger partial charge is 0.493 e. The number of hydrogen-bond acceptors (Lipinski definition) is 4. The molecule has 1 aliphatic rings. The fourth-order valence-electron chi connectivity index (χ4n) is 2.91. The number of methoxy groups -OCH3 is 1. The maximum Gasteiger partial charge on any atom is 0.251 e. The zero-order valence-electron chi connectivity index (χ0n) is 14.8. The Balaban J connectivity index is 1.72. The van der Waals surface area contributed by atoms with Crippen LogP contribution in [0.5, 0.6) is 0 Å². The zero-order chi connectivity index (χ0) is 18.3. The predicted molar refractivity (Wildman–Crippen MR) is 99.7 cm³/mol. The van der Waals surface area contributed by atoms with Gasteiger partial charge in [0.15, 0.2) is 11.4 Å². The number of rotatable bonds is 5. The third kappa shape index (κ3) is 2.94. The first-order chi connectivity index (χ1) is 12.6. The van der Waals surface area contributed by atoms with Gasteiger partial charge in [-0.3, -0.25) is 9.20 Å². The molecule has 1 N–H and O–H groups in total. The summed E-state index contributed by atoms with van der Waals surface area (Å²) in [5.74, 6) is 1.01. The molecule has 1 aliphatic carbocycles. The molecule has 0 atom stereocenters. The van der Waals surface area contributed by atoms with Crippen molar-refractivity contribution in [2.45, 2.75) is 25.8 Å². The molecule has 1 amide bonds. The van der Waals surface area contributed by atoms with Crippen molar-refractivity contribution in [2.75, 3.05) is 7.11 Å². The summed E-state index contributed by atoms with van der Waals surface area (Å²) in [6.07, 6.45) is 4.03. The summed E-state index contributed by atoms with van der Waals surface area (Å²) in [5, 5.41) is 11.4. The van der Waals surface area contributed by atoms with Gasteiger partial charge >= 0.3 is 0 Å². The van der Waals surface area contributed by atoms with Gasteiger partial charge in [0, 0.05) is 17.8 Å². The van der Waals surface area contributed by atoms with Crippen molar-refractivity contribution < 1.29 is 9.53 Å². The van der Waals surface area contributed by atoms with Crippen molar-refractivity contribution in [3.05, 3.63) is 60.1 Å². The number of fused-ring (bicyclic) bond motifs is 1. The van der Waals surface area contributed by atoms with Gasteiger partial charge in [0.1, 0.15) is 0 Å². The monoisotopic (exact) mass is 348 g/mol. The molecule has 0 aliphatic heterocycles. The molecule has 1 saturated carbocycles. The molecule has 1 fully saturated rings. The van der Waals surface area contributed by atoms with Crippen LogP contribution in [0.2, 0.25) is 0 Å². The average molecular weight is 348 g/mol. The molecule has 6 heteroatoms. The molecule has 0 spiro atoms. The standard InChI is InChI=1S/C20H20N4O2/c1-12-4-5-15(20(25)21-16-6-7-16)10-17(12)14-8-9-24-18(11-14)22-23-19(24)13(2)26-3/h4-5,8-11,16H,2,6-7H2,1,3H3,(H,21,25). The van der Waals surface area contributed by atoms with E-state index in [0.29, 0.717) is 28.8 Å². The van der Waals surface area contributed by atoms with E-state index in [1.54, 1.807) is 7.11 Å². The van der Waals surface area contributed by atoms with E-state index in [0.717, 1.165) is 29.5 Å². The van der Waals surface area contributed by atoms with Crippen molar-refractivity contribution in [3.8, 4) is 11.1 Å². The Morgan fingerprint density at radius 1 is 1.27 bits per heavy atom. The summed E-state index contributed by atoms with van der Waals surface area (Å²) in [6.45, 7) is 5.86. The summed E-state index contributed by atoms with van der Waals surface area (Å²) >= 11 is 0. The van der Waals surface area contributed by atoms with Crippen LogP contribution in [0.4, 0.5) is 0 Å². The van der Waals surface area contributed by atoms with Crippen molar-refractivity contribution in [1.29, 1.82) is 0 Å². The molecule has 3 aromatic rings. The highest BCUT2D eigenvalue weighted by molar-refractivity contribution is 5.96. The fraction of sp³-hybridized carbons (Fsp3) is 0.250. The minimum absolute atomic E-state index is 0.0176. The number of carbonyl (C=O) groups is 1. The minimum atomic E-state index is -0.0176. The van der Waals surface area contributed by atoms with Crippen LogP contribution in [0.1, 0.15) is 34.6 Å². The summed E-state index contributed by atoms with van der Waals surface area (Å²) in [4.78, 5) is 12.4. The predicted octanol–water partition coefficient (Wildman–Crippen LogP) is 3.21. The average Bonchev–Trinajstić information content (AvgIpc) is 3.36. The molecule has 0 bridgehead atoms. The van der Waals surface area contributed by atoms with Gasteiger partial charge in [-0.25, -0.2) is 0 Å². The maximum absolute atomic E-state index is 12.4. The number of hydrogen-bond donors (Lipinski definition) is 1. The van der Waals surface area contributed by atoms with Crippen LogP contribution in [0.3, 0.4) is 0 Å². The number of pyridine rings is 1. The SMILES string of the molecule is C=C(OC)c1nnc2cc(-c3cc(C(=O)NC4CC4)ccc3C)ccn12. The van der Waals surface area contributed by atoms with Crippen LogP contribution in [0.15, 0.2) is 43.1 Å². The number of benzene rings is 1. The number of carbonyl (C=O) groups excluding carboxylic acids is 1. The summed E-state index contributed by atoms with van der Waals surface area (Å²) < 4.78 is 6.98. The first-order valence-electron chi connectivity index (χ1n) is 8.57. The highest BCUT2D eigenvalue weighted by Crippen LogP contribution is 2.27. The van der Waals surface area contributed by atoms with E-state index in [2.05, 4.69) is 22.1 Å². The molecular formula is C20H20N4O2. The van der Waals surface area contributed by atoms with Crippen LogP contribution in [0.25, 0.3) is 22.5 Å². The second-order valence-corrected chi connectivity index (χ2v) is 6.57. The maximum atomic E-state index is 12.4. The lowest BCUT2D eigenvalue weighted by atomic mass is 9.98. The van der Waals surface area contributed by atoms with Crippen LogP contribution in [-0.2, 0) is 4.74 Å². The highest BCUT2D eigenvalue weighted by atomic mass is 16.5. The third-order valence-electron chi connectivity index (χ3n) is 4.63. The van der Waals surface area contributed by atoms with E-state index in [1.807, 2.05) is 47.9 Å². The Bertz CT molecular complexity index is 1020. The topological polar surface area (TPSA) is 68.5 Å². The number of ether oxygens (including phenoxy) is 1. The number of nitrogens with one attached hydrogen (secondary N) is 1. The van der Waals surface area contributed by atoms with Crippen molar-refractivity contribution in [3.63, 3.8) is 0 Å². The molecule has 26 heavy (non-hydrogen) atoms. The second kappa shape index (κ2) is 6.29. The van der Waals surface area contributed by atoms with E-state index in [1.165, 1.54) is 0 Å². The molecule has 0 saturated heterocycles. The van der Waals surface area contributed by atoms with Crippen molar-refractivity contribution in [2.24, 2.45) is 0 Å². The lowest BCUT2D eigenvalue weighted by Crippen LogP contribution is -2.25. The normalized spacial score (nSPS) is 13.6. The quantitative estimate of drug-likeness (QED) is 0.719. The minimum Gasteiger partial charge on any atom is -0.493 e. The molecule has 0 unspecified atom stereocenters. The van der Waals surface area contributed by atoms with E-state index in [-0.39, 0.29) is 5.91 Å². The van der Waals surface area contributed by atoms with Gasteiger partial charge in [-0.1, -0.05) is 12.6 Å². The van der Waals surface area contributed by atoms with E-state index < -0.39 is 0 Å². The van der Waals surface area contributed by atoms with Gasteiger partial charge in [0.05, 0.1) is 7.11 Å². The van der Waals surface area contributed by atoms with Crippen LogP contribution in [-0.4, -0.2) is 33.7 Å². The van der Waals surface area contributed by atoms with E-state index in [4.69, 9.17) is 4.74 Å². The third-order valence-corrected chi connectivity index (χ3v) is 4.63. The molecular weight excluding hydrogens is 328 g/mol. The molecule has 4 rings (SSSR count). The summed E-state index contributed by atoms with van der Waals surface area (Å²) in [7, 11) is 1.55. The molecule has 132 valence electrons. The van der Waals surface area contributed by atoms with Gasteiger partial charge in [-0.15, -0.1) is 10.2 Å². The Kier molecular flexibility index (Phi) is 3.95. The highest BCUT2D eigenvalue weighted by Gasteiger charge is 2.24. The van der Waals surface area contributed by atoms with E-state index in [9.17, 15) is 4.79 Å². The molecule has 1 aromatic carbocycles. The van der Waals surface area contributed by atoms with Crippen molar-refractivity contribution >= 4 is 17.3 Å². The van der Waals surface area contributed by atoms with Crippen LogP contribution < -0.4 is 5.32 Å². The first-order valence-corrected chi connectivity index (χ1v) is 8.57. The molecule has 2 aromatic heterocycles.